The van der Waals surface area contributed by atoms with Crippen LogP contribution in [-0.4, -0.2) is 0 Å². The highest BCUT2D eigenvalue weighted by Gasteiger charge is 2.39. The van der Waals surface area contributed by atoms with Gasteiger partial charge in [0.15, 0.2) is 0 Å². The van der Waals surface area contributed by atoms with Gasteiger partial charge in [0.25, 0.3) is 0 Å². The second-order valence-corrected chi connectivity index (χ2v) is 9.36. The molecule has 3 aliphatic rings. The van der Waals surface area contributed by atoms with E-state index in [1.165, 1.54) is 33.4 Å². The Labute approximate surface area is 191 Å². The molecular weight excluding hydrogens is 384 g/mol. The van der Waals surface area contributed by atoms with Crippen LogP contribution in [0.4, 0.5) is 0 Å². The highest BCUT2D eigenvalue weighted by atomic mass is 14.4. The summed E-state index contributed by atoms with van der Waals surface area (Å²) in [4.78, 5) is 0. The molecule has 0 N–H and O–H groups in total. The van der Waals surface area contributed by atoms with E-state index in [-0.39, 0.29) is 5.41 Å². The number of aryl methyl sites for hydroxylation is 1. The van der Waals surface area contributed by atoms with Crippen molar-refractivity contribution in [3.63, 3.8) is 0 Å². The predicted octanol–water partition coefficient (Wildman–Crippen LogP) is 7.77. The van der Waals surface area contributed by atoms with Crippen LogP contribution >= 0.6 is 0 Å². The number of hydrogen-bond donors (Lipinski definition) is 0. The van der Waals surface area contributed by atoms with Crippen molar-refractivity contribution >= 4 is 12.2 Å². The minimum Gasteiger partial charge on any atom is -0.0798 e. The minimum atomic E-state index is -0.00567. The molecule has 0 atom stereocenters. The fraction of sp³-hybridized carbons (Fsp3) is 0.188. The average Bonchev–Trinajstić information content (AvgIpc) is 3.49. The molecule has 0 heteroatoms. The summed E-state index contributed by atoms with van der Waals surface area (Å²) >= 11 is 0. The van der Waals surface area contributed by atoms with Crippen LogP contribution in [0.25, 0.3) is 12.2 Å². The van der Waals surface area contributed by atoms with Crippen LogP contribution in [0.3, 0.4) is 0 Å². The molecule has 0 aliphatic heterocycles. The van der Waals surface area contributed by atoms with Gasteiger partial charge in [0.05, 0.1) is 0 Å². The molecule has 3 aromatic carbocycles. The van der Waals surface area contributed by atoms with Gasteiger partial charge in [-0.1, -0.05) is 126 Å². The zero-order valence-electron chi connectivity index (χ0n) is 18.4. The standard InChI is InChI=1S/C32H28/c1-2-8-24(9-3-1)14-15-25-16-18-32(19-17-25,30-20-26-10-4-5-11-27(26)21-30)31-22-28-12-6-7-13-29(28)23-31/h1-13,16-18,20,22H,14-15,19,21,23H2. The van der Waals surface area contributed by atoms with Crippen molar-refractivity contribution in [3.8, 4) is 0 Å². The third-order valence-electron chi connectivity index (χ3n) is 7.49. The molecule has 0 spiro atoms. The Balaban J connectivity index is 1.31. The Morgan fingerprint density at radius 1 is 0.625 bits per heavy atom. The lowest BCUT2D eigenvalue weighted by molar-refractivity contribution is 0.534. The van der Waals surface area contributed by atoms with Crippen molar-refractivity contribution < 1.29 is 0 Å². The number of allylic oxidation sites excluding steroid dienone is 6. The normalized spacial score (nSPS) is 17.9. The van der Waals surface area contributed by atoms with Gasteiger partial charge in [-0.25, -0.2) is 0 Å². The topological polar surface area (TPSA) is 0 Å². The van der Waals surface area contributed by atoms with E-state index in [9.17, 15) is 0 Å². The van der Waals surface area contributed by atoms with E-state index >= 15 is 0 Å². The molecular formula is C32H28. The number of rotatable bonds is 5. The lowest BCUT2D eigenvalue weighted by atomic mass is 9.67. The molecule has 0 bridgehead atoms. The van der Waals surface area contributed by atoms with Crippen molar-refractivity contribution in [2.45, 2.75) is 32.1 Å². The summed E-state index contributed by atoms with van der Waals surface area (Å²) in [5.41, 5.74) is 11.7. The first kappa shape index (κ1) is 19.3. The maximum absolute atomic E-state index is 2.53. The summed E-state index contributed by atoms with van der Waals surface area (Å²) in [5.74, 6) is 0. The SMILES string of the molecule is C1=CC(C2=Cc3ccccc3C2)(C2=Cc3ccccc3C2)CC=C1CCc1ccccc1. The average molecular weight is 413 g/mol. The van der Waals surface area contributed by atoms with Gasteiger partial charge in [0.2, 0.25) is 0 Å². The molecule has 156 valence electrons. The van der Waals surface area contributed by atoms with Crippen molar-refractivity contribution in [1.82, 2.24) is 0 Å². The van der Waals surface area contributed by atoms with Crippen LogP contribution in [-0.2, 0) is 19.3 Å². The van der Waals surface area contributed by atoms with Crippen LogP contribution in [0.15, 0.2) is 114 Å². The van der Waals surface area contributed by atoms with Gasteiger partial charge < -0.3 is 0 Å². The summed E-state index contributed by atoms with van der Waals surface area (Å²) in [6, 6.07) is 28.6. The third-order valence-corrected chi connectivity index (χ3v) is 7.49. The molecule has 3 aromatic rings. The molecule has 0 aromatic heterocycles. The molecule has 0 amide bonds. The molecule has 0 nitrogen and oxygen atoms in total. The Morgan fingerprint density at radius 2 is 1.22 bits per heavy atom. The van der Waals surface area contributed by atoms with Gasteiger partial charge in [0, 0.05) is 5.41 Å². The summed E-state index contributed by atoms with van der Waals surface area (Å²) < 4.78 is 0. The van der Waals surface area contributed by atoms with E-state index in [4.69, 9.17) is 0 Å². The van der Waals surface area contributed by atoms with E-state index < -0.39 is 0 Å². The molecule has 0 unspecified atom stereocenters. The maximum atomic E-state index is 2.53. The van der Waals surface area contributed by atoms with E-state index in [0.717, 1.165) is 32.1 Å². The van der Waals surface area contributed by atoms with Crippen LogP contribution in [0, 0.1) is 5.41 Å². The van der Waals surface area contributed by atoms with E-state index in [0.29, 0.717) is 0 Å². The fourth-order valence-corrected chi connectivity index (χ4v) is 5.61. The first-order valence-corrected chi connectivity index (χ1v) is 11.8. The Hall–Kier alpha value is -3.38. The fourth-order valence-electron chi connectivity index (χ4n) is 5.61. The second kappa shape index (κ2) is 7.95. The van der Waals surface area contributed by atoms with Crippen LogP contribution in [0.1, 0.15) is 40.7 Å². The van der Waals surface area contributed by atoms with E-state index in [2.05, 4.69) is 109 Å². The zero-order valence-corrected chi connectivity index (χ0v) is 18.4. The summed E-state index contributed by atoms with van der Waals surface area (Å²) in [6.45, 7) is 0. The monoisotopic (exact) mass is 412 g/mol. The molecule has 6 rings (SSSR count). The minimum absolute atomic E-state index is 0.00567. The quantitative estimate of drug-likeness (QED) is 0.401. The van der Waals surface area contributed by atoms with Crippen LogP contribution < -0.4 is 0 Å². The van der Waals surface area contributed by atoms with Crippen LogP contribution in [0.5, 0.6) is 0 Å². The van der Waals surface area contributed by atoms with Gasteiger partial charge in [-0.3, -0.25) is 0 Å². The molecule has 32 heavy (non-hydrogen) atoms. The van der Waals surface area contributed by atoms with Crippen LogP contribution in [0.2, 0.25) is 0 Å². The zero-order chi connectivity index (χ0) is 21.4. The smallest absolute Gasteiger partial charge is 0.0351 e. The van der Waals surface area contributed by atoms with E-state index in [1.54, 1.807) is 11.1 Å². The lowest BCUT2D eigenvalue weighted by Crippen LogP contribution is -2.25. The van der Waals surface area contributed by atoms with Gasteiger partial charge in [-0.2, -0.15) is 0 Å². The van der Waals surface area contributed by atoms with Crippen molar-refractivity contribution in [3.05, 3.63) is 142 Å². The summed E-state index contributed by atoms with van der Waals surface area (Å²) in [6.07, 6.45) is 17.8. The molecule has 0 saturated carbocycles. The second-order valence-electron chi connectivity index (χ2n) is 9.36. The van der Waals surface area contributed by atoms with Crippen molar-refractivity contribution in [1.29, 1.82) is 0 Å². The lowest BCUT2D eigenvalue weighted by Gasteiger charge is -2.36. The first-order valence-electron chi connectivity index (χ1n) is 11.8. The van der Waals surface area contributed by atoms with Gasteiger partial charge in [-0.05, 0) is 59.9 Å². The van der Waals surface area contributed by atoms with Gasteiger partial charge in [-0.15, -0.1) is 0 Å². The van der Waals surface area contributed by atoms with Gasteiger partial charge in [0.1, 0.15) is 0 Å². The highest BCUT2D eigenvalue weighted by Crippen LogP contribution is 2.51. The highest BCUT2D eigenvalue weighted by molar-refractivity contribution is 5.73. The van der Waals surface area contributed by atoms with Crippen molar-refractivity contribution in [2.24, 2.45) is 5.41 Å². The molecule has 0 saturated heterocycles. The Bertz CT molecular complexity index is 1220. The van der Waals surface area contributed by atoms with Crippen molar-refractivity contribution in [2.75, 3.05) is 0 Å². The molecule has 3 aliphatic carbocycles. The largest absolute Gasteiger partial charge is 0.0798 e. The van der Waals surface area contributed by atoms with Gasteiger partial charge >= 0.3 is 0 Å². The maximum Gasteiger partial charge on any atom is 0.0351 e. The summed E-state index contributed by atoms with van der Waals surface area (Å²) in [7, 11) is 0. The number of benzene rings is 3. The molecule has 0 heterocycles. The number of fused-ring (bicyclic) bond motifs is 2. The summed E-state index contributed by atoms with van der Waals surface area (Å²) in [5, 5.41) is 0. The molecule has 0 fully saturated rings. The predicted molar refractivity (Wildman–Crippen MR) is 135 cm³/mol. The first-order chi connectivity index (χ1) is 15.8. The Kier molecular flexibility index (Phi) is 4.80. The Morgan fingerprint density at radius 3 is 1.78 bits per heavy atom. The number of hydrogen-bond acceptors (Lipinski definition) is 0. The third kappa shape index (κ3) is 3.41. The van der Waals surface area contributed by atoms with E-state index in [1.807, 2.05) is 0 Å². The molecule has 0 radical (unpaired) electrons.